The zero-order valence-corrected chi connectivity index (χ0v) is 13.3. The van der Waals surface area contributed by atoms with E-state index in [1.54, 1.807) is 18.0 Å². The van der Waals surface area contributed by atoms with Gasteiger partial charge in [0.25, 0.3) is 0 Å². The number of amides is 2. The molecule has 2 fully saturated rings. The van der Waals surface area contributed by atoms with E-state index < -0.39 is 0 Å². The highest BCUT2D eigenvalue weighted by Gasteiger charge is 2.38. The van der Waals surface area contributed by atoms with Crippen molar-refractivity contribution in [3.8, 4) is 0 Å². The molecule has 2 aliphatic rings. The summed E-state index contributed by atoms with van der Waals surface area (Å²) in [6, 6.07) is 0.834. The average molecular weight is 307 g/mol. The van der Waals surface area contributed by atoms with Gasteiger partial charge in [-0.1, -0.05) is 6.92 Å². The Morgan fingerprint density at radius 1 is 1.45 bits per heavy atom. The molecule has 122 valence electrons. The number of hydrogen-bond donors (Lipinski definition) is 2. The molecule has 0 spiro atoms. The number of rotatable bonds is 6. The molecule has 7 heteroatoms. The highest BCUT2D eigenvalue weighted by molar-refractivity contribution is 5.89. The molecule has 7 nitrogen and oxygen atoms in total. The maximum absolute atomic E-state index is 12.1. The quantitative estimate of drug-likeness (QED) is 0.826. The Morgan fingerprint density at radius 3 is 3.00 bits per heavy atom. The number of anilines is 1. The van der Waals surface area contributed by atoms with Crippen molar-refractivity contribution in [2.75, 3.05) is 32.1 Å². The standard InChI is InChI=1S/C15H25N5O2/c1-11-8-19(13-3-4-13)10-14(11)18-15(21)17-12-7-16-20(9-12)5-6-22-2/h7,9,11,13-14H,3-6,8,10H2,1-2H3,(H2,17,18,21)/t11-,14+/m0/s1. The largest absolute Gasteiger partial charge is 0.383 e. The van der Waals surface area contributed by atoms with Crippen LogP contribution in [0.25, 0.3) is 0 Å². The van der Waals surface area contributed by atoms with Gasteiger partial charge in [-0.05, 0) is 18.8 Å². The second kappa shape index (κ2) is 6.66. The van der Waals surface area contributed by atoms with Crippen molar-refractivity contribution in [2.45, 2.75) is 38.4 Å². The number of aromatic nitrogens is 2. The fourth-order valence-electron chi connectivity index (χ4n) is 3.00. The molecule has 22 heavy (non-hydrogen) atoms. The third-order valence-corrected chi connectivity index (χ3v) is 4.44. The summed E-state index contributed by atoms with van der Waals surface area (Å²) in [7, 11) is 1.66. The van der Waals surface area contributed by atoms with Gasteiger partial charge in [0.05, 0.1) is 25.0 Å². The first kappa shape index (κ1) is 15.3. The molecule has 1 aromatic heterocycles. The minimum Gasteiger partial charge on any atom is -0.383 e. The number of nitrogens with one attached hydrogen (secondary N) is 2. The number of ether oxygens (including phenoxy) is 1. The van der Waals surface area contributed by atoms with Gasteiger partial charge in [0.2, 0.25) is 0 Å². The minimum atomic E-state index is -0.152. The van der Waals surface area contributed by atoms with Crippen LogP contribution >= 0.6 is 0 Å². The van der Waals surface area contributed by atoms with Crippen molar-refractivity contribution >= 4 is 11.7 Å². The van der Waals surface area contributed by atoms with E-state index in [1.807, 2.05) is 6.20 Å². The molecule has 0 aromatic carbocycles. The Kier molecular flexibility index (Phi) is 4.63. The number of urea groups is 1. The number of carbonyl (C=O) groups excluding carboxylic acids is 1. The molecule has 2 heterocycles. The molecule has 1 aliphatic heterocycles. The molecule has 2 atom stereocenters. The Labute approximate surface area is 131 Å². The van der Waals surface area contributed by atoms with E-state index in [9.17, 15) is 4.79 Å². The lowest BCUT2D eigenvalue weighted by molar-refractivity contribution is 0.183. The number of hydrogen-bond acceptors (Lipinski definition) is 4. The van der Waals surface area contributed by atoms with Crippen LogP contribution in [0.2, 0.25) is 0 Å². The molecule has 2 N–H and O–H groups in total. The Bertz CT molecular complexity index is 514. The van der Waals surface area contributed by atoms with Gasteiger partial charge in [-0.25, -0.2) is 4.79 Å². The van der Waals surface area contributed by atoms with E-state index >= 15 is 0 Å². The lowest BCUT2D eigenvalue weighted by Crippen LogP contribution is -2.42. The topological polar surface area (TPSA) is 71.4 Å². The predicted octanol–water partition coefficient (Wildman–Crippen LogP) is 1.13. The van der Waals surface area contributed by atoms with E-state index in [2.05, 4.69) is 27.6 Å². The van der Waals surface area contributed by atoms with Gasteiger partial charge >= 0.3 is 6.03 Å². The van der Waals surface area contributed by atoms with E-state index in [0.717, 1.165) is 19.1 Å². The van der Waals surface area contributed by atoms with Crippen molar-refractivity contribution in [2.24, 2.45) is 5.92 Å². The van der Waals surface area contributed by atoms with Crippen LogP contribution in [0.3, 0.4) is 0 Å². The maximum atomic E-state index is 12.1. The van der Waals surface area contributed by atoms with Gasteiger partial charge in [-0.3, -0.25) is 9.58 Å². The van der Waals surface area contributed by atoms with Crippen LogP contribution in [0.5, 0.6) is 0 Å². The van der Waals surface area contributed by atoms with Crippen LogP contribution < -0.4 is 10.6 Å². The molecule has 2 amide bonds. The van der Waals surface area contributed by atoms with E-state index in [0.29, 0.717) is 24.8 Å². The van der Waals surface area contributed by atoms with Gasteiger partial charge < -0.3 is 15.4 Å². The van der Waals surface area contributed by atoms with Gasteiger partial charge in [0.15, 0.2) is 0 Å². The summed E-state index contributed by atoms with van der Waals surface area (Å²) in [5.41, 5.74) is 0.707. The lowest BCUT2D eigenvalue weighted by atomic mass is 10.1. The number of likely N-dealkylation sites (tertiary alicyclic amines) is 1. The van der Waals surface area contributed by atoms with Crippen molar-refractivity contribution in [3.63, 3.8) is 0 Å². The Morgan fingerprint density at radius 2 is 2.27 bits per heavy atom. The molecule has 3 rings (SSSR count). The first-order chi connectivity index (χ1) is 10.7. The van der Waals surface area contributed by atoms with Crippen LogP contribution in [0.15, 0.2) is 12.4 Å². The highest BCUT2D eigenvalue weighted by atomic mass is 16.5. The summed E-state index contributed by atoms with van der Waals surface area (Å²) < 4.78 is 6.76. The fourth-order valence-corrected chi connectivity index (χ4v) is 3.00. The van der Waals surface area contributed by atoms with E-state index in [1.165, 1.54) is 12.8 Å². The number of carbonyl (C=O) groups is 1. The summed E-state index contributed by atoms with van der Waals surface area (Å²) in [5, 5.41) is 10.1. The molecule has 1 saturated heterocycles. The van der Waals surface area contributed by atoms with Gasteiger partial charge in [0, 0.05) is 38.5 Å². The Balaban J connectivity index is 1.46. The van der Waals surface area contributed by atoms with Gasteiger partial charge in [-0.2, -0.15) is 5.10 Å². The van der Waals surface area contributed by atoms with Gasteiger partial charge in [0.1, 0.15) is 0 Å². The molecule has 1 aromatic rings. The molecule has 0 bridgehead atoms. The van der Waals surface area contributed by atoms with Crippen molar-refractivity contribution in [3.05, 3.63) is 12.4 Å². The SMILES string of the molecule is COCCn1cc(NC(=O)N[C@@H]2CN(C3CC3)C[C@@H]2C)cn1. The van der Waals surface area contributed by atoms with Crippen LogP contribution in [-0.4, -0.2) is 59.6 Å². The summed E-state index contributed by atoms with van der Waals surface area (Å²) in [6.07, 6.45) is 6.09. The first-order valence-corrected chi connectivity index (χ1v) is 7.98. The maximum Gasteiger partial charge on any atom is 0.319 e. The van der Waals surface area contributed by atoms with Gasteiger partial charge in [-0.15, -0.1) is 0 Å². The zero-order valence-electron chi connectivity index (χ0n) is 13.3. The normalized spacial score (nSPS) is 25.4. The average Bonchev–Trinajstić information content (AvgIpc) is 3.15. The fraction of sp³-hybridized carbons (Fsp3) is 0.733. The molecular formula is C15H25N5O2. The van der Waals surface area contributed by atoms with Crippen molar-refractivity contribution in [1.29, 1.82) is 0 Å². The van der Waals surface area contributed by atoms with Crippen LogP contribution in [0, 0.1) is 5.92 Å². The van der Waals surface area contributed by atoms with Crippen LogP contribution in [0.1, 0.15) is 19.8 Å². The minimum absolute atomic E-state index is 0.152. The number of methoxy groups -OCH3 is 1. The highest BCUT2D eigenvalue weighted by Crippen LogP contribution is 2.31. The summed E-state index contributed by atoms with van der Waals surface area (Å²) >= 11 is 0. The first-order valence-electron chi connectivity index (χ1n) is 7.98. The van der Waals surface area contributed by atoms with Crippen molar-refractivity contribution < 1.29 is 9.53 Å². The second-order valence-electron chi connectivity index (χ2n) is 6.35. The third kappa shape index (κ3) is 3.78. The van der Waals surface area contributed by atoms with E-state index in [-0.39, 0.29) is 12.1 Å². The summed E-state index contributed by atoms with van der Waals surface area (Å²) in [5.74, 6) is 0.496. The van der Waals surface area contributed by atoms with E-state index in [4.69, 9.17) is 4.74 Å². The van der Waals surface area contributed by atoms with Crippen molar-refractivity contribution in [1.82, 2.24) is 20.0 Å². The molecule has 0 unspecified atom stereocenters. The molecule has 1 saturated carbocycles. The molecular weight excluding hydrogens is 282 g/mol. The summed E-state index contributed by atoms with van der Waals surface area (Å²) in [6.45, 7) is 5.53. The predicted molar refractivity (Wildman–Crippen MR) is 83.8 cm³/mol. The summed E-state index contributed by atoms with van der Waals surface area (Å²) in [4.78, 5) is 14.6. The zero-order chi connectivity index (χ0) is 15.5. The monoisotopic (exact) mass is 307 g/mol. The smallest absolute Gasteiger partial charge is 0.319 e. The number of nitrogens with zero attached hydrogens (tertiary/aromatic N) is 3. The van der Waals surface area contributed by atoms with Crippen LogP contribution in [-0.2, 0) is 11.3 Å². The lowest BCUT2D eigenvalue weighted by Gasteiger charge is -2.17. The Hall–Kier alpha value is -1.60. The van der Waals surface area contributed by atoms with Crippen LogP contribution in [0.4, 0.5) is 10.5 Å². The molecule has 1 aliphatic carbocycles. The molecule has 0 radical (unpaired) electrons. The third-order valence-electron chi connectivity index (χ3n) is 4.44. The second-order valence-corrected chi connectivity index (χ2v) is 6.35.